The number of nitrogen functional groups attached to an aromatic ring is 1. The first-order chi connectivity index (χ1) is 9.70. The van der Waals surface area contributed by atoms with Gasteiger partial charge in [-0.05, 0) is 6.42 Å². The molecule has 5 nitrogen and oxygen atoms in total. The number of anilines is 2. The summed E-state index contributed by atoms with van der Waals surface area (Å²) < 4.78 is 19.0. The maximum Gasteiger partial charge on any atom is 0.167 e. The van der Waals surface area contributed by atoms with Gasteiger partial charge in [0.1, 0.15) is 0 Å². The Morgan fingerprint density at radius 3 is 3.00 bits per heavy atom. The summed E-state index contributed by atoms with van der Waals surface area (Å²) in [5, 5.41) is 3.18. The fraction of sp³-hybridized carbons (Fsp3) is 0.357. The van der Waals surface area contributed by atoms with Crippen molar-refractivity contribution in [2.24, 2.45) is 0 Å². The van der Waals surface area contributed by atoms with Crippen LogP contribution in [-0.2, 0) is 6.42 Å². The molecule has 0 saturated carbocycles. The quantitative estimate of drug-likeness (QED) is 0.680. The zero-order valence-electron chi connectivity index (χ0n) is 11.4. The van der Waals surface area contributed by atoms with Crippen molar-refractivity contribution in [1.29, 1.82) is 0 Å². The van der Waals surface area contributed by atoms with Gasteiger partial charge in [0.05, 0.1) is 24.3 Å². The molecule has 0 aliphatic carbocycles. The Morgan fingerprint density at radius 1 is 1.45 bits per heavy atom. The molecule has 0 fully saturated rings. The van der Waals surface area contributed by atoms with Crippen molar-refractivity contribution in [3.05, 3.63) is 36.2 Å². The Balaban J connectivity index is 1.99. The number of ether oxygens (including phenoxy) is 1. The topological polar surface area (TPSA) is 76.0 Å². The number of hydrogen-bond donors (Lipinski definition) is 3. The molecular weight excluding hydrogens is 259 g/mol. The van der Waals surface area contributed by atoms with Crippen LogP contribution >= 0.6 is 0 Å². The van der Waals surface area contributed by atoms with Gasteiger partial charge >= 0.3 is 0 Å². The highest BCUT2D eigenvalue weighted by Gasteiger charge is 2.09. The molecule has 1 aromatic heterocycles. The number of nitrogens with one attached hydrogen (secondary N) is 2. The lowest BCUT2D eigenvalue weighted by atomic mass is 10.2. The standard InChI is InChI=1S/C14H19FN4O/c1-2-5-20-14-7-13(12(16)6-11(14)15)18-4-3-10-8-17-9-19-10/h6-9,18H,2-5,16H2,1H3,(H,17,19). The molecule has 0 radical (unpaired) electrons. The van der Waals surface area contributed by atoms with Gasteiger partial charge in [0.25, 0.3) is 0 Å². The van der Waals surface area contributed by atoms with Crippen molar-refractivity contribution in [3.8, 4) is 5.75 Å². The summed E-state index contributed by atoms with van der Waals surface area (Å²) in [7, 11) is 0. The Bertz CT molecular complexity index is 542. The van der Waals surface area contributed by atoms with Gasteiger partial charge in [-0.15, -0.1) is 0 Å². The molecule has 20 heavy (non-hydrogen) atoms. The minimum Gasteiger partial charge on any atom is -0.490 e. The average Bonchev–Trinajstić information content (AvgIpc) is 2.93. The lowest BCUT2D eigenvalue weighted by Gasteiger charge is -2.12. The molecule has 0 aliphatic heterocycles. The van der Waals surface area contributed by atoms with E-state index < -0.39 is 5.82 Å². The van der Waals surface area contributed by atoms with Crippen LogP contribution in [0.5, 0.6) is 5.75 Å². The molecular formula is C14H19FN4O. The average molecular weight is 278 g/mol. The molecule has 0 spiro atoms. The molecule has 1 aromatic carbocycles. The van der Waals surface area contributed by atoms with Crippen LogP contribution in [0.3, 0.4) is 0 Å². The minimum atomic E-state index is -0.435. The van der Waals surface area contributed by atoms with Crippen molar-refractivity contribution >= 4 is 11.4 Å². The monoisotopic (exact) mass is 278 g/mol. The maximum absolute atomic E-state index is 13.7. The van der Waals surface area contributed by atoms with Crippen molar-refractivity contribution in [2.45, 2.75) is 19.8 Å². The molecule has 108 valence electrons. The Morgan fingerprint density at radius 2 is 2.30 bits per heavy atom. The largest absolute Gasteiger partial charge is 0.490 e. The summed E-state index contributed by atoms with van der Waals surface area (Å²) in [6, 6.07) is 2.89. The van der Waals surface area contributed by atoms with E-state index in [1.54, 1.807) is 18.6 Å². The normalized spacial score (nSPS) is 10.5. The Labute approximate surface area is 117 Å². The highest BCUT2D eigenvalue weighted by Crippen LogP contribution is 2.28. The van der Waals surface area contributed by atoms with E-state index in [1.807, 2.05) is 6.92 Å². The number of nitrogens with two attached hydrogens (primary N) is 1. The van der Waals surface area contributed by atoms with Gasteiger partial charge in [0.2, 0.25) is 0 Å². The van der Waals surface area contributed by atoms with Crippen molar-refractivity contribution in [2.75, 3.05) is 24.2 Å². The Kier molecular flexibility index (Phi) is 4.81. The highest BCUT2D eigenvalue weighted by molar-refractivity contribution is 5.68. The van der Waals surface area contributed by atoms with E-state index in [0.717, 1.165) is 18.5 Å². The van der Waals surface area contributed by atoms with E-state index in [2.05, 4.69) is 15.3 Å². The molecule has 4 N–H and O–H groups in total. The fourth-order valence-corrected chi connectivity index (χ4v) is 1.80. The number of halogens is 1. The van der Waals surface area contributed by atoms with E-state index >= 15 is 0 Å². The number of nitrogens with zero attached hydrogens (tertiary/aromatic N) is 1. The molecule has 0 atom stereocenters. The van der Waals surface area contributed by atoms with Gasteiger partial charge in [-0.1, -0.05) is 6.92 Å². The Hall–Kier alpha value is -2.24. The van der Waals surface area contributed by atoms with Gasteiger partial charge in [0.15, 0.2) is 11.6 Å². The van der Waals surface area contributed by atoms with Crippen LogP contribution in [0.1, 0.15) is 19.0 Å². The van der Waals surface area contributed by atoms with Gasteiger partial charge in [-0.2, -0.15) is 0 Å². The number of rotatable bonds is 7. The molecule has 6 heteroatoms. The van der Waals surface area contributed by atoms with E-state index in [0.29, 0.717) is 24.5 Å². The number of hydrogen-bond acceptors (Lipinski definition) is 4. The lowest BCUT2D eigenvalue weighted by Crippen LogP contribution is -2.08. The van der Waals surface area contributed by atoms with Crippen LogP contribution in [0.4, 0.5) is 15.8 Å². The lowest BCUT2D eigenvalue weighted by molar-refractivity contribution is 0.301. The summed E-state index contributed by atoms with van der Waals surface area (Å²) in [5.74, 6) is -0.208. The first-order valence-electron chi connectivity index (χ1n) is 6.63. The summed E-state index contributed by atoms with van der Waals surface area (Å²) in [4.78, 5) is 6.97. The zero-order chi connectivity index (χ0) is 14.4. The highest BCUT2D eigenvalue weighted by atomic mass is 19.1. The maximum atomic E-state index is 13.7. The summed E-state index contributed by atoms with van der Waals surface area (Å²) >= 11 is 0. The van der Waals surface area contributed by atoms with Crippen molar-refractivity contribution < 1.29 is 9.13 Å². The smallest absolute Gasteiger partial charge is 0.167 e. The third-order valence-corrected chi connectivity index (χ3v) is 2.83. The predicted molar refractivity (Wildman–Crippen MR) is 77.4 cm³/mol. The second-order valence-corrected chi connectivity index (χ2v) is 4.47. The molecule has 1 heterocycles. The van der Waals surface area contributed by atoms with Crippen LogP contribution < -0.4 is 15.8 Å². The molecule has 2 aromatic rings. The SMILES string of the molecule is CCCOc1cc(NCCc2cnc[nH]2)c(N)cc1F. The van der Waals surface area contributed by atoms with E-state index in [-0.39, 0.29) is 5.75 Å². The zero-order valence-corrected chi connectivity index (χ0v) is 11.4. The molecule has 0 saturated heterocycles. The second-order valence-electron chi connectivity index (χ2n) is 4.47. The number of benzene rings is 1. The molecule has 0 aliphatic rings. The van der Waals surface area contributed by atoms with Gasteiger partial charge < -0.3 is 20.8 Å². The van der Waals surface area contributed by atoms with Crippen LogP contribution in [0.15, 0.2) is 24.7 Å². The van der Waals surface area contributed by atoms with E-state index in [1.165, 1.54) is 6.07 Å². The summed E-state index contributed by atoms with van der Waals surface area (Å²) in [5.41, 5.74) is 7.88. The predicted octanol–water partition coefficient (Wildman–Crippen LogP) is 2.57. The first kappa shape index (κ1) is 14.2. The second kappa shape index (κ2) is 6.79. The third kappa shape index (κ3) is 3.63. The third-order valence-electron chi connectivity index (χ3n) is 2.83. The molecule has 0 unspecified atom stereocenters. The van der Waals surface area contributed by atoms with Gasteiger partial charge in [-0.3, -0.25) is 0 Å². The fourth-order valence-electron chi connectivity index (χ4n) is 1.80. The number of H-pyrrole nitrogens is 1. The van der Waals surface area contributed by atoms with Gasteiger partial charge in [0, 0.05) is 37.0 Å². The van der Waals surface area contributed by atoms with E-state index in [9.17, 15) is 4.39 Å². The van der Waals surface area contributed by atoms with Crippen LogP contribution in [0, 0.1) is 5.82 Å². The van der Waals surface area contributed by atoms with Crippen LogP contribution in [-0.4, -0.2) is 23.1 Å². The molecule has 0 bridgehead atoms. The van der Waals surface area contributed by atoms with Crippen LogP contribution in [0.25, 0.3) is 0 Å². The number of aromatic nitrogens is 2. The molecule has 0 amide bonds. The minimum absolute atomic E-state index is 0.227. The summed E-state index contributed by atoms with van der Waals surface area (Å²) in [6.07, 6.45) is 5.01. The van der Waals surface area contributed by atoms with E-state index in [4.69, 9.17) is 10.5 Å². The summed E-state index contributed by atoms with van der Waals surface area (Å²) in [6.45, 7) is 3.12. The number of aromatic amines is 1. The van der Waals surface area contributed by atoms with Crippen molar-refractivity contribution in [1.82, 2.24) is 9.97 Å². The van der Waals surface area contributed by atoms with Crippen molar-refractivity contribution in [3.63, 3.8) is 0 Å². The number of imidazole rings is 1. The first-order valence-corrected chi connectivity index (χ1v) is 6.63. The van der Waals surface area contributed by atoms with Gasteiger partial charge in [-0.25, -0.2) is 9.37 Å². The molecule has 2 rings (SSSR count). The van der Waals surface area contributed by atoms with Crippen LogP contribution in [0.2, 0.25) is 0 Å².